The maximum atomic E-state index is 12.4. The summed E-state index contributed by atoms with van der Waals surface area (Å²) in [5.41, 5.74) is 2.32. The van der Waals surface area contributed by atoms with Gasteiger partial charge in [0.25, 0.3) is 5.91 Å². The van der Waals surface area contributed by atoms with Crippen molar-refractivity contribution in [3.63, 3.8) is 0 Å². The molecule has 160 valence electrons. The Hall–Kier alpha value is -3.16. The molecule has 8 heteroatoms. The Morgan fingerprint density at radius 2 is 1.78 bits per heavy atom. The first kappa shape index (κ1) is 23.5. The second-order valence-corrected chi connectivity index (χ2v) is 8.69. The first-order valence-electron chi connectivity index (χ1n) is 9.29. The van der Waals surface area contributed by atoms with Gasteiger partial charge in [0.1, 0.15) is 24.0 Å². The minimum atomic E-state index is -0.974. The van der Waals surface area contributed by atoms with Gasteiger partial charge in [0.2, 0.25) is 0 Å². The summed E-state index contributed by atoms with van der Waals surface area (Å²) in [6, 6.07) is 20.8. The van der Waals surface area contributed by atoms with Crippen molar-refractivity contribution in [2.24, 2.45) is 0 Å². The van der Waals surface area contributed by atoms with E-state index in [1.54, 1.807) is 48.5 Å². The van der Waals surface area contributed by atoms with Crippen LogP contribution >= 0.6 is 38.5 Å². The fraction of sp³-hybridized carbons (Fsp3) is 0.0417. The molecule has 0 saturated carbocycles. The summed E-state index contributed by atoms with van der Waals surface area (Å²) in [6.07, 6.45) is 1.52. The van der Waals surface area contributed by atoms with E-state index in [1.807, 2.05) is 12.1 Å². The maximum Gasteiger partial charge on any atom is 0.335 e. The molecular weight excluding hydrogens is 587 g/mol. The number of ether oxygens (including phenoxy) is 1. The van der Waals surface area contributed by atoms with E-state index in [0.717, 1.165) is 13.6 Å². The second-order valence-electron chi connectivity index (χ2n) is 6.61. The van der Waals surface area contributed by atoms with E-state index < -0.39 is 11.9 Å². The maximum absolute atomic E-state index is 12.4. The van der Waals surface area contributed by atoms with Crippen molar-refractivity contribution in [2.45, 2.75) is 6.61 Å². The zero-order valence-corrected chi connectivity index (χ0v) is 20.3. The summed E-state index contributed by atoms with van der Waals surface area (Å²) >= 11 is 5.46. The summed E-state index contributed by atoms with van der Waals surface area (Å²) in [5, 5.41) is 21.1. The van der Waals surface area contributed by atoms with Crippen molar-refractivity contribution < 1.29 is 19.4 Å². The first-order valence-corrected chi connectivity index (χ1v) is 11.2. The molecule has 0 aliphatic carbocycles. The Morgan fingerprint density at radius 1 is 1.09 bits per heavy atom. The number of aromatic carboxylic acids is 1. The highest BCUT2D eigenvalue weighted by Crippen LogP contribution is 2.25. The predicted molar refractivity (Wildman–Crippen MR) is 133 cm³/mol. The molecule has 32 heavy (non-hydrogen) atoms. The van der Waals surface area contributed by atoms with Crippen molar-refractivity contribution in [2.75, 3.05) is 5.32 Å². The summed E-state index contributed by atoms with van der Waals surface area (Å²) in [7, 11) is 0. The van der Waals surface area contributed by atoms with E-state index in [-0.39, 0.29) is 17.7 Å². The SMILES string of the molecule is N#C/C(=C/c1ccc(OCc2ccc(C(=O)O)cc2)c(I)c1)C(=O)Nc1ccc(Br)cc1. The molecule has 3 rings (SSSR count). The van der Waals surface area contributed by atoms with Gasteiger partial charge in [-0.15, -0.1) is 0 Å². The number of amides is 1. The summed E-state index contributed by atoms with van der Waals surface area (Å²) in [4.78, 5) is 23.4. The highest BCUT2D eigenvalue weighted by molar-refractivity contribution is 14.1. The van der Waals surface area contributed by atoms with Gasteiger partial charge in [-0.3, -0.25) is 4.79 Å². The number of carbonyl (C=O) groups excluding carboxylic acids is 1. The van der Waals surface area contributed by atoms with Crippen LogP contribution in [0, 0.1) is 14.9 Å². The molecule has 0 aliphatic rings. The molecule has 1 amide bonds. The zero-order valence-electron chi connectivity index (χ0n) is 16.5. The lowest BCUT2D eigenvalue weighted by Crippen LogP contribution is -2.13. The van der Waals surface area contributed by atoms with Gasteiger partial charge >= 0.3 is 5.97 Å². The van der Waals surface area contributed by atoms with E-state index in [2.05, 4.69) is 43.8 Å². The number of nitrogens with one attached hydrogen (secondary N) is 1. The van der Waals surface area contributed by atoms with Crippen LogP contribution in [0.4, 0.5) is 5.69 Å². The average molecular weight is 603 g/mol. The average Bonchev–Trinajstić information content (AvgIpc) is 2.78. The molecule has 0 bridgehead atoms. The van der Waals surface area contributed by atoms with Crippen LogP contribution in [-0.2, 0) is 11.4 Å². The number of hydrogen-bond acceptors (Lipinski definition) is 4. The molecule has 0 aliphatic heterocycles. The Bertz CT molecular complexity index is 1220. The molecule has 0 fully saturated rings. The predicted octanol–water partition coefficient (Wildman–Crippen LogP) is 5.88. The highest BCUT2D eigenvalue weighted by Gasteiger charge is 2.11. The van der Waals surface area contributed by atoms with Crippen LogP contribution in [0.3, 0.4) is 0 Å². The Labute approximate surface area is 206 Å². The largest absolute Gasteiger partial charge is 0.488 e. The number of hydrogen-bond donors (Lipinski definition) is 2. The van der Waals surface area contributed by atoms with E-state index >= 15 is 0 Å². The number of rotatable bonds is 7. The summed E-state index contributed by atoms with van der Waals surface area (Å²) in [5.74, 6) is -0.823. The third kappa shape index (κ3) is 6.42. The van der Waals surface area contributed by atoms with Gasteiger partial charge < -0.3 is 15.2 Å². The number of nitrogens with zero attached hydrogens (tertiary/aromatic N) is 1. The van der Waals surface area contributed by atoms with Gasteiger partial charge in [-0.25, -0.2) is 4.79 Å². The van der Waals surface area contributed by atoms with Gasteiger partial charge in [-0.05, 0) is 88.3 Å². The number of carbonyl (C=O) groups is 2. The normalized spacial score (nSPS) is 10.8. The van der Waals surface area contributed by atoms with Gasteiger partial charge in [0, 0.05) is 10.2 Å². The third-order valence-electron chi connectivity index (χ3n) is 4.33. The third-order valence-corrected chi connectivity index (χ3v) is 5.70. The van der Waals surface area contributed by atoms with Crippen LogP contribution < -0.4 is 10.1 Å². The number of anilines is 1. The molecule has 0 spiro atoms. The van der Waals surface area contributed by atoms with Crippen molar-refractivity contribution in [3.05, 3.63) is 97.0 Å². The number of carboxylic acids is 1. The van der Waals surface area contributed by atoms with Gasteiger partial charge in [0.05, 0.1) is 9.13 Å². The Morgan fingerprint density at radius 3 is 2.38 bits per heavy atom. The molecule has 0 saturated heterocycles. The van der Waals surface area contributed by atoms with Gasteiger partial charge in [-0.1, -0.05) is 34.1 Å². The zero-order chi connectivity index (χ0) is 23.1. The van der Waals surface area contributed by atoms with Crippen LogP contribution in [0.25, 0.3) is 6.08 Å². The van der Waals surface area contributed by atoms with Crippen molar-refractivity contribution >= 4 is 62.2 Å². The number of carboxylic acid groups (broad SMARTS) is 1. The van der Waals surface area contributed by atoms with E-state index in [1.165, 1.54) is 18.2 Å². The fourth-order valence-corrected chi connectivity index (χ4v) is 3.63. The molecule has 3 aromatic rings. The van der Waals surface area contributed by atoms with Crippen LogP contribution in [0.5, 0.6) is 5.75 Å². The van der Waals surface area contributed by atoms with Crippen LogP contribution in [0.1, 0.15) is 21.5 Å². The van der Waals surface area contributed by atoms with Gasteiger partial charge in [0.15, 0.2) is 0 Å². The fourth-order valence-electron chi connectivity index (χ4n) is 2.68. The molecular formula is C24H16BrIN2O4. The van der Waals surface area contributed by atoms with Crippen LogP contribution in [-0.4, -0.2) is 17.0 Å². The van der Waals surface area contributed by atoms with Crippen molar-refractivity contribution in [3.8, 4) is 11.8 Å². The molecule has 3 aromatic carbocycles. The molecule has 0 aromatic heterocycles. The summed E-state index contributed by atoms with van der Waals surface area (Å²) < 4.78 is 7.52. The minimum Gasteiger partial charge on any atom is -0.488 e. The van der Waals surface area contributed by atoms with Crippen LogP contribution in [0.15, 0.2) is 76.8 Å². The molecule has 0 atom stereocenters. The smallest absolute Gasteiger partial charge is 0.335 e. The molecule has 6 nitrogen and oxygen atoms in total. The number of benzene rings is 3. The Balaban J connectivity index is 1.67. The van der Waals surface area contributed by atoms with Crippen molar-refractivity contribution in [1.29, 1.82) is 5.26 Å². The number of nitriles is 1. The molecule has 0 heterocycles. The molecule has 2 N–H and O–H groups in total. The lowest BCUT2D eigenvalue weighted by molar-refractivity contribution is -0.112. The molecule has 0 radical (unpaired) electrons. The standard InChI is InChI=1S/C24H16BrIN2O4/c25-19-6-8-20(9-7-19)28-23(29)18(13-27)11-16-3-10-22(21(26)12-16)32-14-15-1-4-17(5-2-15)24(30)31/h1-12H,14H2,(H,28,29)(H,30,31)/b18-11-. The Kier molecular flexibility index (Phi) is 8.03. The van der Waals surface area contributed by atoms with E-state index in [4.69, 9.17) is 9.84 Å². The van der Waals surface area contributed by atoms with Crippen molar-refractivity contribution in [1.82, 2.24) is 0 Å². The summed E-state index contributed by atoms with van der Waals surface area (Å²) in [6.45, 7) is 0.282. The lowest BCUT2D eigenvalue weighted by Gasteiger charge is -2.10. The van der Waals surface area contributed by atoms with Gasteiger partial charge in [-0.2, -0.15) is 5.26 Å². The van der Waals surface area contributed by atoms with Crippen LogP contribution in [0.2, 0.25) is 0 Å². The quantitative estimate of drug-likeness (QED) is 0.200. The highest BCUT2D eigenvalue weighted by atomic mass is 127. The second kappa shape index (κ2) is 10.9. The monoisotopic (exact) mass is 602 g/mol. The molecule has 0 unspecified atom stereocenters. The van der Waals surface area contributed by atoms with E-state index in [9.17, 15) is 14.9 Å². The lowest BCUT2D eigenvalue weighted by atomic mass is 10.1. The van der Waals surface area contributed by atoms with E-state index in [0.29, 0.717) is 17.0 Å². The minimum absolute atomic E-state index is 0.0177. The number of halogens is 2. The first-order chi connectivity index (χ1) is 15.4. The topological polar surface area (TPSA) is 99.4 Å².